The zero-order valence-electron chi connectivity index (χ0n) is 14.5. The van der Waals surface area contributed by atoms with Crippen LogP contribution in [0.1, 0.15) is 33.3 Å². The molecule has 1 heterocycles. The van der Waals surface area contributed by atoms with E-state index in [1.54, 1.807) is 31.6 Å². The summed E-state index contributed by atoms with van der Waals surface area (Å²) in [5.41, 5.74) is -1.66. The Hall–Kier alpha value is -2.38. The summed E-state index contributed by atoms with van der Waals surface area (Å²) in [6.45, 7) is 7.35. The fourth-order valence-electron chi connectivity index (χ4n) is 2.21. The van der Waals surface area contributed by atoms with Gasteiger partial charge >= 0.3 is 17.9 Å². The molecule has 0 aliphatic rings. The molecule has 0 aliphatic carbocycles. The Morgan fingerprint density at radius 2 is 1.42 bits per heavy atom. The normalized spacial score (nSPS) is 11.0. The quantitative estimate of drug-likeness (QED) is 0.377. The third-order valence-electron chi connectivity index (χ3n) is 3.35. The first-order chi connectivity index (χ1) is 11.5. The molecule has 134 valence electrons. The van der Waals surface area contributed by atoms with Crippen LogP contribution in [0.25, 0.3) is 0 Å². The van der Waals surface area contributed by atoms with Crippen LogP contribution >= 0.6 is 0 Å². The number of esters is 3. The van der Waals surface area contributed by atoms with Gasteiger partial charge in [-0.1, -0.05) is 0 Å². The molecule has 1 aromatic rings. The smallest absolute Gasteiger partial charge is 0.335 e. The van der Waals surface area contributed by atoms with E-state index in [-0.39, 0.29) is 26.2 Å². The SMILES string of the molecule is CCOC(=O)C(Cc1cnn(CC)c1)(C(=O)OCC)C(=O)OCC. The molecule has 8 nitrogen and oxygen atoms in total. The summed E-state index contributed by atoms with van der Waals surface area (Å²) in [6, 6.07) is 0. The summed E-state index contributed by atoms with van der Waals surface area (Å²) in [4.78, 5) is 37.6. The van der Waals surface area contributed by atoms with Gasteiger partial charge in [0.05, 0.1) is 26.0 Å². The third-order valence-corrected chi connectivity index (χ3v) is 3.35. The van der Waals surface area contributed by atoms with Crippen LogP contribution in [0.5, 0.6) is 0 Å². The molecule has 0 amide bonds. The van der Waals surface area contributed by atoms with Crippen molar-refractivity contribution in [2.24, 2.45) is 5.41 Å². The van der Waals surface area contributed by atoms with Crippen LogP contribution < -0.4 is 0 Å². The van der Waals surface area contributed by atoms with Crippen molar-refractivity contribution in [2.45, 2.75) is 40.7 Å². The van der Waals surface area contributed by atoms with Gasteiger partial charge in [0.2, 0.25) is 0 Å². The maximum absolute atomic E-state index is 12.5. The number of hydrogen-bond donors (Lipinski definition) is 0. The summed E-state index contributed by atoms with van der Waals surface area (Å²) in [5.74, 6) is -2.94. The fourth-order valence-corrected chi connectivity index (χ4v) is 2.21. The lowest BCUT2D eigenvalue weighted by atomic mass is 9.82. The van der Waals surface area contributed by atoms with E-state index < -0.39 is 23.3 Å². The van der Waals surface area contributed by atoms with Crippen LogP contribution in [0.3, 0.4) is 0 Å². The second kappa shape index (κ2) is 9.05. The Morgan fingerprint density at radius 3 is 1.75 bits per heavy atom. The van der Waals surface area contributed by atoms with Crippen molar-refractivity contribution in [2.75, 3.05) is 19.8 Å². The summed E-state index contributed by atoms with van der Waals surface area (Å²) < 4.78 is 16.6. The van der Waals surface area contributed by atoms with Crippen molar-refractivity contribution in [1.82, 2.24) is 9.78 Å². The average Bonchev–Trinajstić information content (AvgIpc) is 3.00. The first-order valence-electron chi connectivity index (χ1n) is 7.99. The zero-order chi connectivity index (χ0) is 18.2. The molecule has 0 bridgehead atoms. The maximum atomic E-state index is 12.5. The number of nitrogens with zero attached hydrogens (tertiary/aromatic N) is 2. The lowest BCUT2D eigenvalue weighted by molar-refractivity contribution is -0.183. The second-order valence-electron chi connectivity index (χ2n) is 4.95. The van der Waals surface area contributed by atoms with Crippen LogP contribution in [-0.4, -0.2) is 47.5 Å². The van der Waals surface area contributed by atoms with Gasteiger partial charge in [-0.25, -0.2) is 0 Å². The van der Waals surface area contributed by atoms with Gasteiger partial charge in [0.25, 0.3) is 5.41 Å². The van der Waals surface area contributed by atoms with Crippen molar-refractivity contribution in [3.8, 4) is 0 Å². The number of carbonyl (C=O) groups is 3. The maximum Gasteiger partial charge on any atom is 0.335 e. The predicted molar refractivity (Wildman–Crippen MR) is 83.9 cm³/mol. The Bertz CT molecular complexity index is 535. The standard InChI is InChI=1S/C16H24N2O6/c1-5-18-11-12(10-17-18)9-16(13(19)22-6-2,14(20)23-7-3)15(21)24-8-4/h10-11H,5-9H2,1-4H3. The topological polar surface area (TPSA) is 96.7 Å². The monoisotopic (exact) mass is 340 g/mol. The van der Waals surface area contributed by atoms with Gasteiger partial charge in [0, 0.05) is 19.2 Å². The number of aromatic nitrogens is 2. The summed E-state index contributed by atoms with van der Waals surface area (Å²) in [5, 5.41) is 4.10. The van der Waals surface area contributed by atoms with Crippen molar-refractivity contribution >= 4 is 17.9 Å². The molecular formula is C16H24N2O6. The van der Waals surface area contributed by atoms with Gasteiger partial charge in [-0.15, -0.1) is 0 Å². The molecule has 0 fully saturated rings. The fraction of sp³-hybridized carbons (Fsp3) is 0.625. The number of carbonyl (C=O) groups excluding carboxylic acids is 3. The van der Waals surface area contributed by atoms with Crippen molar-refractivity contribution < 1.29 is 28.6 Å². The molecule has 1 rings (SSSR count). The molecule has 0 aliphatic heterocycles. The number of hydrogen-bond acceptors (Lipinski definition) is 7. The first kappa shape index (κ1) is 19.7. The minimum atomic E-state index is -2.19. The molecule has 0 radical (unpaired) electrons. The summed E-state index contributed by atoms with van der Waals surface area (Å²) >= 11 is 0. The Kier molecular flexibility index (Phi) is 7.41. The van der Waals surface area contributed by atoms with Crippen LogP contribution in [0.2, 0.25) is 0 Å². The summed E-state index contributed by atoms with van der Waals surface area (Å²) in [6.07, 6.45) is 2.92. The molecular weight excluding hydrogens is 316 g/mol. The number of ether oxygens (including phenoxy) is 3. The van der Waals surface area contributed by atoms with E-state index in [1.807, 2.05) is 6.92 Å². The largest absolute Gasteiger partial charge is 0.465 e. The van der Waals surface area contributed by atoms with E-state index in [0.29, 0.717) is 12.1 Å². The molecule has 0 saturated carbocycles. The molecule has 8 heteroatoms. The Balaban J connectivity index is 3.34. The highest BCUT2D eigenvalue weighted by Gasteiger charge is 2.57. The highest BCUT2D eigenvalue weighted by molar-refractivity contribution is 6.18. The van der Waals surface area contributed by atoms with E-state index in [4.69, 9.17) is 14.2 Å². The lowest BCUT2D eigenvalue weighted by Crippen LogP contribution is -2.51. The first-order valence-corrected chi connectivity index (χ1v) is 7.99. The number of rotatable bonds is 9. The molecule has 0 unspecified atom stereocenters. The van der Waals surface area contributed by atoms with Crippen molar-refractivity contribution in [3.05, 3.63) is 18.0 Å². The van der Waals surface area contributed by atoms with Crippen LogP contribution in [0.15, 0.2) is 12.4 Å². The van der Waals surface area contributed by atoms with Crippen LogP contribution in [0, 0.1) is 5.41 Å². The van der Waals surface area contributed by atoms with Crippen LogP contribution in [-0.2, 0) is 41.6 Å². The molecule has 1 aromatic heterocycles. The van der Waals surface area contributed by atoms with Crippen molar-refractivity contribution in [1.29, 1.82) is 0 Å². The van der Waals surface area contributed by atoms with Gasteiger partial charge in [-0.05, 0) is 33.3 Å². The van der Waals surface area contributed by atoms with E-state index >= 15 is 0 Å². The van der Waals surface area contributed by atoms with E-state index in [1.165, 1.54) is 6.20 Å². The minimum Gasteiger partial charge on any atom is -0.465 e. The highest BCUT2D eigenvalue weighted by atomic mass is 16.6. The van der Waals surface area contributed by atoms with Crippen LogP contribution in [0.4, 0.5) is 0 Å². The highest BCUT2D eigenvalue weighted by Crippen LogP contribution is 2.29. The Morgan fingerprint density at radius 1 is 0.958 bits per heavy atom. The zero-order valence-corrected chi connectivity index (χ0v) is 14.5. The predicted octanol–water partition coefficient (Wildman–Crippen LogP) is 1.12. The van der Waals surface area contributed by atoms with E-state index in [0.717, 1.165) is 0 Å². The average molecular weight is 340 g/mol. The van der Waals surface area contributed by atoms with Gasteiger partial charge in [-0.2, -0.15) is 5.10 Å². The number of aryl methyl sites for hydroxylation is 1. The van der Waals surface area contributed by atoms with E-state index in [9.17, 15) is 14.4 Å². The lowest BCUT2D eigenvalue weighted by Gasteiger charge is -2.26. The molecule has 0 N–H and O–H groups in total. The molecule has 0 saturated heterocycles. The second-order valence-corrected chi connectivity index (χ2v) is 4.95. The van der Waals surface area contributed by atoms with Crippen molar-refractivity contribution in [3.63, 3.8) is 0 Å². The molecule has 0 spiro atoms. The van der Waals surface area contributed by atoms with Gasteiger partial charge in [-0.3, -0.25) is 19.1 Å². The molecule has 0 atom stereocenters. The third kappa shape index (κ3) is 4.12. The van der Waals surface area contributed by atoms with Gasteiger partial charge in [0.1, 0.15) is 0 Å². The molecule has 24 heavy (non-hydrogen) atoms. The van der Waals surface area contributed by atoms with Gasteiger partial charge < -0.3 is 14.2 Å². The molecule has 0 aromatic carbocycles. The van der Waals surface area contributed by atoms with Gasteiger partial charge in [0.15, 0.2) is 0 Å². The van der Waals surface area contributed by atoms with E-state index in [2.05, 4.69) is 5.10 Å². The Labute approximate surface area is 141 Å². The minimum absolute atomic E-state index is 0.0214. The summed E-state index contributed by atoms with van der Waals surface area (Å²) in [7, 11) is 0.